The number of carbonyl (C=O) groups excluding carboxylic acids is 2. The number of carbonyl (C=O) groups is 2. The molecule has 55 heavy (non-hydrogen) atoms. The van der Waals surface area contributed by atoms with Crippen LogP contribution in [0.3, 0.4) is 0 Å². The van der Waals surface area contributed by atoms with Crippen molar-refractivity contribution >= 4 is 27.6 Å². The molecule has 0 heterocycles. The number of aliphatic hydroxyl groups excluding tert-OH is 4. The van der Waals surface area contributed by atoms with Crippen LogP contribution in [0.5, 0.6) is 0 Å². The molecule has 4 unspecified atom stereocenters. The summed E-state index contributed by atoms with van der Waals surface area (Å²) in [5.41, 5.74) is 0. The van der Waals surface area contributed by atoms with Crippen LogP contribution in [-0.2, 0) is 41.8 Å². The van der Waals surface area contributed by atoms with E-state index in [1.165, 1.54) is 44.9 Å². The van der Waals surface area contributed by atoms with Crippen molar-refractivity contribution in [2.45, 2.75) is 146 Å². The highest BCUT2D eigenvalue weighted by atomic mass is 31.2. The van der Waals surface area contributed by atoms with Gasteiger partial charge in [0.05, 0.1) is 6.61 Å². The topological polar surface area (TPSA) is 256 Å². The number of phosphoric ester groups is 2. The average molecular weight is 815 g/mol. The number of hydrogen-bond acceptors (Lipinski definition) is 13. The molecule has 1 saturated carbocycles. The normalized spacial score (nSPS) is 21.8. The number of aliphatic hydroxyl groups is 4. The first-order chi connectivity index (χ1) is 26.1. The van der Waals surface area contributed by atoms with Gasteiger partial charge in [0.1, 0.15) is 43.2 Å². The highest BCUT2D eigenvalue weighted by molar-refractivity contribution is 7.47. The van der Waals surface area contributed by atoms with Crippen molar-refractivity contribution in [2.75, 3.05) is 13.2 Å². The minimum atomic E-state index is -5.38. The molecule has 0 amide bonds. The van der Waals surface area contributed by atoms with Crippen LogP contribution in [0.4, 0.5) is 0 Å². The van der Waals surface area contributed by atoms with Crippen molar-refractivity contribution in [2.24, 2.45) is 0 Å². The molecular formula is C37H52O16P2. The minimum Gasteiger partial charge on any atom is -0.456 e. The number of esters is 2. The first-order valence-electron chi connectivity index (χ1n) is 18.0. The minimum absolute atomic E-state index is 0.0248. The van der Waals surface area contributed by atoms with E-state index < -0.39 is 83.5 Å². The Kier molecular flexibility index (Phi) is 25.6. The van der Waals surface area contributed by atoms with Crippen LogP contribution in [0, 0.1) is 59.2 Å². The second-order valence-corrected chi connectivity index (χ2v) is 15.0. The molecule has 0 aromatic heterocycles. The molecule has 0 aliphatic heterocycles. The second kappa shape index (κ2) is 28.2. The van der Waals surface area contributed by atoms with E-state index in [1.54, 1.807) is 6.92 Å². The van der Waals surface area contributed by atoms with Crippen molar-refractivity contribution < 1.29 is 76.9 Å². The molecule has 16 nitrogen and oxygen atoms in total. The van der Waals surface area contributed by atoms with E-state index in [-0.39, 0.29) is 6.42 Å². The highest BCUT2D eigenvalue weighted by Gasteiger charge is 2.54. The Morgan fingerprint density at radius 2 is 1.09 bits per heavy atom. The third kappa shape index (κ3) is 23.5. The van der Waals surface area contributed by atoms with Gasteiger partial charge >= 0.3 is 27.6 Å². The van der Waals surface area contributed by atoms with Crippen LogP contribution in [0.1, 0.15) is 104 Å². The van der Waals surface area contributed by atoms with Gasteiger partial charge in [0.2, 0.25) is 0 Å². The standard InChI is InChI=1S/C37H52O16P2/c1-3-5-7-9-11-13-14-15-16-18-20-22-24-26-31(39)51-29(27-49-30(38)25-23-21-19-17-12-10-8-6-4-2)28-50-55(47,48)53-37-34(42)32(40)33(41)36(35(37)43)52-54(44,45)46/h29,32-37,40-43H,3,5,7,9,11,13-16,18,20,22,24,26-28H2,1-2H3,(H,47,48)(H2,44,45,46)/t29-,32-,33?,34-,35?,36+,37?/m1/s1. The Morgan fingerprint density at radius 1 is 0.618 bits per heavy atom. The van der Waals surface area contributed by atoms with Crippen LogP contribution >= 0.6 is 15.6 Å². The molecule has 18 heteroatoms. The summed E-state index contributed by atoms with van der Waals surface area (Å²) in [5, 5.41) is 40.9. The van der Waals surface area contributed by atoms with Crippen LogP contribution < -0.4 is 0 Å². The first-order valence-corrected chi connectivity index (χ1v) is 21.0. The Hall–Kier alpha value is -3.20. The number of phosphoric acid groups is 2. The smallest absolute Gasteiger partial charge is 0.456 e. The zero-order valence-corrected chi connectivity index (χ0v) is 32.8. The van der Waals surface area contributed by atoms with Gasteiger partial charge in [-0.25, -0.2) is 13.9 Å². The summed E-state index contributed by atoms with van der Waals surface area (Å²) in [4.78, 5) is 53.4. The highest BCUT2D eigenvalue weighted by Crippen LogP contribution is 2.49. The zero-order chi connectivity index (χ0) is 41.1. The maximum Gasteiger partial charge on any atom is 0.472 e. The zero-order valence-electron chi connectivity index (χ0n) is 31.1. The molecule has 0 bridgehead atoms. The summed E-state index contributed by atoms with van der Waals surface area (Å²) < 4.78 is 48.4. The molecule has 0 radical (unpaired) electrons. The molecule has 0 aromatic carbocycles. The van der Waals surface area contributed by atoms with Gasteiger partial charge in [-0.15, -0.1) is 0 Å². The van der Waals surface area contributed by atoms with Crippen molar-refractivity contribution in [1.82, 2.24) is 0 Å². The molecule has 1 fully saturated rings. The van der Waals surface area contributed by atoms with E-state index in [9.17, 15) is 44.0 Å². The third-order valence-electron chi connectivity index (χ3n) is 7.89. The molecule has 1 aliphatic carbocycles. The Morgan fingerprint density at radius 3 is 1.60 bits per heavy atom. The summed E-state index contributed by atoms with van der Waals surface area (Å²) in [5.74, 6) is 21.7. The quantitative estimate of drug-likeness (QED) is 0.0243. The third-order valence-corrected chi connectivity index (χ3v) is 9.40. The second-order valence-electron chi connectivity index (χ2n) is 12.4. The van der Waals surface area contributed by atoms with Crippen molar-refractivity contribution in [3.05, 3.63) is 0 Å². The van der Waals surface area contributed by atoms with Crippen LogP contribution in [-0.4, -0.2) is 103 Å². The molecule has 0 aromatic rings. The molecule has 0 saturated heterocycles. The maximum atomic E-state index is 12.8. The van der Waals surface area contributed by atoms with Gasteiger partial charge in [-0.3, -0.25) is 18.4 Å². The Labute approximate surface area is 322 Å². The van der Waals surface area contributed by atoms with Gasteiger partial charge in [0.15, 0.2) is 6.10 Å². The number of hydrogen-bond donors (Lipinski definition) is 7. The lowest BCUT2D eigenvalue weighted by Gasteiger charge is -2.43. The Balaban J connectivity index is 2.81. The SMILES string of the molecule is CC#CC#CC#CC#CC#CC(=O)OC[C@H](COP(=O)(O)OC1C(O)[C@@H](OP(=O)(O)O)C(O)[C@@H](O)[C@H]1O)OC(=O)CCCCCCCCCCCCCCC. The van der Waals surface area contributed by atoms with E-state index in [2.05, 4.69) is 70.7 Å². The predicted molar refractivity (Wildman–Crippen MR) is 197 cm³/mol. The van der Waals surface area contributed by atoms with E-state index in [1.807, 2.05) is 0 Å². The van der Waals surface area contributed by atoms with Gasteiger partial charge in [-0.1, -0.05) is 89.9 Å². The summed E-state index contributed by atoms with van der Waals surface area (Å²) in [6.45, 7) is 2.15. The lowest BCUT2D eigenvalue weighted by Crippen LogP contribution is -2.64. The lowest BCUT2D eigenvalue weighted by atomic mass is 9.85. The summed E-state index contributed by atoms with van der Waals surface area (Å²) in [7, 11) is -10.7. The van der Waals surface area contributed by atoms with Gasteiger partial charge in [0, 0.05) is 12.3 Å². The summed E-state index contributed by atoms with van der Waals surface area (Å²) >= 11 is 0. The number of ether oxygens (including phenoxy) is 2. The van der Waals surface area contributed by atoms with Crippen LogP contribution in [0.15, 0.2) is 0 Å². The monoisotopic (exact) mass is 814 g/mol. The predicted octanol–water partition coefficient (Wildman–Crippen LogP) is 2.40. The molecule has 1 aliphatic rings. The Bertz CT molecular complexity index is 1600. The first kappa shape index (κ1) is 49.8. The van der Waals surface area contributed by atoms with Crippen LogP contribution in [0.25, 0.3) is 0 Å². The molecule has 306 valence electrons. The van der Waals surface area contributed by atoms with Gasteiger partial charge in [-0.2, -0.15) is 0 Å². The van der Waals surface area contributed by atoms with Crippen molar-refractivity contribution in [3.8, 4) is 59.2 Å². The fourth-order valence-electron chi connectivity index (χ4n) is 5.14. The summed E-state index contributed by atoms with van der Waals surface area (Å²) in [6, 6.07) is 0. The lowest BCUT2D eigenvalue weighted by molar-refractivity contribution is -0.216. The number of unbranched alkanes of at least 4 members (excludes halogenated alkanes) is 12. The molecule has 0 spiro atoms. The van der Waals surface area contributed by atoms with E-state index in [0.717, 1.165) is 32.1 Å². The van der Waals surface area contributed by atoms with Crippen LogP contribution in [0.2, 0.25) is 0 Å². The molecule has 1 rings (SSSR count). The molecule has 7 N–H and O–H groups in total. The summed E-state index contributed by atoms with van der Waals surface area (Å²) in [6.07, 6.45) is -0.967. The van der Waals surface area contributed by atoms with Gasteiger partial charge < -0.3 is 44.6 Å². The average Bonchev–Trinajstić information content (AvgIpc) is 3.13. The van der Waals surface area contributed by atoms with E-state index in [4.69, 9.17) is 28.3 Å². The largest absolute Gasteiger partial charge is 0.472 e. The van der Waals surface area contributed by atoms with E-state index >= 15 is 0 Å². The molecular weight excluding hydrogens is 762 g/mol. The fraction of sp³-hybridized carbons (Fsp3) is 0.676. The van der Waals surface area contributed by atoms with Gasteiger partial charge in [-0.05, 0) is 60.7 Å². The van der Waals surface area contributed by atoms with E-state index in [0.29, 0.717) is 6.42 Å². The van der Waals surface area contributed by atoms with Crippen molar-refractivity contribution in [3.63, 3.8) is 0 Å². The fourth-order valence-corrected chi connectivity index (χ4v) is 6.68. The molecule has 8 atom stereocenters. The van der Waals surface area contributed by atoms with Crippen molar-refractivity contribution in [1.29, 1.82) is 0 Å². The number of rotatable bonds is 24. The maximum absolute atomic E-state index is 12.8. The van der Waals surface area contributed by atoms with Gasteiger partial charge in [0.25, 0.3) is 0 Å².